The highest BCUT2D eigenvalue weighted by Crippen LogP contribution is 2.23. The summed E-state index contributed by atoms with van der Waals surface area (Å²) < 4.78 is 5.78. The van der Waals surface area contributed by atoms with Crippen LogP contribution in [0.1, 0.15) is 28.8 Å². The van der Waals surface area contributed by atoms with Gasteiger partial charge < -0.3 is 15.0 Å². The third-order valence-corrected chi connectivity index (χ3v) is 6.73. The van der Waals surface area contributed by atoms with Crippen molar-refractivity contribution >= 4 is 23.4 Å². The normalized spacial score (nSPS) is 17.0. The Hall–Kier alpha value is -2.61. The van der Waals surface area contributed by atoms with Gasteiger partial charge in [0.2, 0.25) is 5.91 Å². The minimum Gasteiger partial charge on any atom is -0.491 e. The quantitative estimate of drug-likeness (QED) is 0.593. The summed E-state index contributed by atoms with van der Waals surface area (Å²) in [5.41, 5.74) is 1.71. The fraction of sp³-hybridized carbons (Fsp3) is 0.462. The van der Waals surface area contributed by atoms with Crippen molar-refractivity contribution in [1.29, 1.82) is 0 Å². The summed E-state index contributed by atoms with van der Waals surface area (Å²) in [6.07, 6.45) is 2.17. The Morgan fingerprint density at radius 2 is 1.56 bits per heavy atom. The van der Waals surface area contributed by atoms with Gasteiger partial charge in [-0.3, -0.25) is 19.4 Å². The van der Waals surface area contributed by atoms with Gasteiger partial charge in [-0.2, -0.15) is 0 Å². The number of amides is 2. The maximum absolute atomic E-state index is 12.4. The van der Waals surface area contributed by atoms with Crippen molar-refractivity contribution in [2.75, 3.05) is 59.0 Å². The highest BCUT2D eigenvalue weighted by Gasteiger charge is 2.20. The summed E-state index contributed by atoms with van der Waals surface area (Å²) in [6, 6.07) is 15.1. The van der Waals surface area contributed by atoms with Gasteiger partial charge in [0.25, 0.3) is 5.91 Å². The van der Waals surface area contributed by atoms with Crippen LogP contribution in [0.5, 0.6) is 5.75 Å². The molecule has 0 aromatic heterocycles. The lowest BCUT2D eigenvalue weighted by Crippen LogP contribution is -2.50. The van der Waals surface area contributed by atoms with Gasteiger partial charge in [0.05, 0.1) is 11.6 Å². The van der Waals surface area contributed by atoms with E-state index in [2.05, 4.69) is 15.1 Å². The first-order valence-electron chi connectivity index (χ1n) is 12.1. The van der Waals surface area contributed by atoms with E-state index in [-0.39, 0.29) is 11.8 Å². The molecule has 0 spiro atoms. The molecular weight excluding hydrogens is 452 g/mol. The first-order valence-corrected chi connectivity index (χ1v) is 12.4. The van der Waals surface area contributed by atoms with Gasteiger partial charge >= 0.3 is 0 Å². The van der Waals surface area contributed by atoms with Crippen molar-refractivity contribution in [1.82, 2.24) is 20.0 Å². The predicted octanol–water partition coefficient (Wildman–Crippen LogP) is 2.89. The molecule has 2 aliphatic rings. The van der Waals surface area contributed by atoms with Crippen molar-refractivity contribution < 1.29 is 14.3 Å². The van der Waals surface area contributed by atoms with Crippen LogP contribution in [0.4, 0.5) is 0 Å². The summed E-state index contributed by atoms with van der Waals surface area (Å²) in [5.74, 6) is 0.836. The molecule has 2 fully saturated rings. The SMILES string of the molecule is O=C(CN1CCN(CCOc2ccccc2Cl)CC1)NCc1ccc(C(=O)N2CCCC2)cc1. The standard InChI is InChI=1S/C26H33ClN4O3/c27-23-5-1-2-6-24(23)34-18-17-29-13-15-30(16-14-29)20-25(32)28-19-21-7-9-22(10-8-21)26(33)31-11-3-4-12-31/h1-2,5-10H,3-4,11-20H2,(H,28,32). The number of halogens is 1. The zero-order valence-electron chi connectivity index (χ0n) is 19.5. The third-order valence-electron chi connectivity index (χ3n) is 6.42. The summed E-state index contributed by atoms with van der Waals surface area (Å²) in [5, 5.41) is 3.63. The van der Waals surface area contributed by atoms with Crippen LogP contribution >= 0.6 is 11.6 Å². The van der Waals surface area contributed by atoms with Gasteiger partial charge in [0, 0.05) is 57.9 Å². The Morgan fingerprint density at radius 1 is 0.882 bits per heavy atom. The molecule has 0 unspecified atom stereocenters. The van der Waals surface area contributed by atoms with Gasteiger partial charge in [-0.1, -0.05) is 35.9 Å². The Morgan fingerprint density at radius 3 is 2.26 bits per heavy atom. The minimum absolute atomic E-state index is 0.0210. The molecular formula is C26H33ClN4O3. The first-order chi connectivity index (χ1) is 16.6. The lowest BCUT2D eigenvalue weighted by molar-refractivity contribution is -0.122. The molecule has 2 saturated heterocycles. The fourth-order valence-electron chi connectivity index (χ4n) is 4.35. The molecule has 2 heterocycles. The molecule has 4 rings (SSSR count). The molecule has 34 heavy (non-hydrogen) atoms. The van der Waals surface area contributed by atoms with E-state index in [1.54, 1.807) is 0 Å². The van der Waals surface area contributed by atoms with Crippen LogP contribution in [0.2, 0.25) is 5.02 Å². The van der Waals surface area contributed by atoms with E-state index in [1.807, 2.05) is 53.4 Å². The maximum Gasteiger partial charge on any atom is 0.253 e. The average Bonchev–Trinajstić information content (AvgIpc) is 3.40. The van der Waals surface area contributed by atoms with Gasteiger partial charge in [-0.05, 0) is 42.7 Å². The predicted molar refractivity (Wildman–Crippen MR) is 133 cm³/mol. The summed E-state index contributed by atoms with van der Waals surface area (Å²) in [4.78, 5) is 31.3. The van der Waals surface area contributed by atoms with E-state index in [0.717, 1.165) is 64.2 Å². The number of nitrogens with zero attached hydrogens (tertiary/aromatic N) is 3. The summed E-state index contributed by atoms with van der Waals surface area (Å²) >= 11 is 6.12. The van der Waals surface area contributed by atoms with E-state index in [9.17, 15) is 9.59 Å². The number of benzene rings is 2. The molecule has 2 aliphatic heterocycles. The molecule has 2 aromatic carbocycles. The van der Waals surface area contributed by atoms with Crippen LogP contribution in [0.3, 0.4) is 0 Å². The van der Waals surface area contributed by atoms with Crippen LogP contribution in [-0.4, -0.2) is 85.5 Å². The van der Waals surface area contributed by atoms with Crippen molar-refractivity contribution in [2.45, 2.75) is 19.4 Å². The number of piperazine rings is 1. The monoisotopic (exact) mass is 484 g/mol. The second-order valence-electron chi connectivity index (χ2n) is 8.87. The van der Waals surface area contributed by atoms with Crippen molar-refractivity contribution in [3.8, 4) is 5.75 Å². The number of para-hydroxylation sites is 1. The summed E-state index contributed by atoms with van der Waals surface area (Å²) in [6.45, 7) is 7.51. The van der Waals surface area contributed by atoms with Crippen LogP contribution in [-0.2, 0) is 11.3 Å². The number of hydrogen-bond acceptors (Lipinski definition) is 5. The zero-order chi connectivity index (χ0) is 23.8. The van der Waals surface area contributed by atoms with E-state index in [4.69, 9.17) is 16.3 Å². The number of rotatable bonds is 9. The second kappa shape index (κ2) is 12.2. The second-order valence-corrected chi connectivity index (χ2v) is 9.28. The van der Waals surface area contributed by atoms with Gasteiger partial charge in [-0.25, -0.2) is 0 Å². The zero-order valence-corrected chi connectivity index (χ0v) is 20.3. The number of likely N-dealkylation sites (tertiary alicyclic amines) is 1. The third kappa shape index (κ3) is 6.95. The Balaban J connectivity index is 1.11. The molecule has 2 aromatic rings. The van der Waals surface area contributed by atoms with Gasteiger partial charge in [0.1, 0.15) is 12.4 Å². The van der Waals surface area contributed by atoms with Crippen LogP contribution < -0.4 is 10.1 Å². The molecule has 0 saturated carbocycles. The molecule has 0 aliphatic carbocycles. The highest BCUT2D eigenvalue weighted by atomic mass is 35.5. The Bertz CT molecular complexity index is 955. The smallest absolute Gasteiger partial charge is 0.253 e. The largest absolute Gasteiger partial charge is 0.491 e. The van der Waals surface area contributed by atoms with E-state index in [0.29, 0.717) is 36.0 Å². The van der Waals surface area contributed by atoms with Crippen LogP contribution in [0, 0.1) is 0 Å². The maximum atomic E-state index is 12.4. The van der Waals surface area contributed by atoms with Crippen molar-refractivity contribution in [3.05, 3.63) is 64.7 Å². The van der Waals surface area contributed by atoms with Gasteiger partial charge in [0.15, 0.2) is 0 Å². The molecule has 0 radical (unpaired) electrons. The molecule has 0 atom stereocenters. The lowest BCUT2D eigenvalue weighted by atomic mass is 10.1. The van der Waals surface area contributed by atoms with E-state index >= 15 is 0 Å². The van der Waals surface area contributed by atoms with E-state index in [1.165, 1.54) is 0 Å². The van der Waals surface area contributed by atoms with E-state index < -0.39 is 0 Å². The Kier molecular flexibility index (Phi) is 8.79. The highest BCUT2D eigenvalue weighted by molar-refractivity contribution is 6.32. The first kappa shape index (κ1) is 24.5. The molecule has 7 nitrogen and oxygen atoms in total. The number of carbonyl (C=O) groups excluding carboxylic acids is 2. The topological polar surface area (TPSA) is 65.1 Å². The Labute approximate surface area is 206 Å². The molecule has 182 valence electrons. The molecule has 2 amide bonds. The van der Waals surface area contributed by atoms with Gasteiger partial charge in [-0.15, -0.1) is 0 Å². The van der Waals surface area contributed by atoms with Crippen molar-refractivity contribution in [2.24, 2.45) is 0 Å². The minimum atomic E-state index is 0.0210. The van der Waals surface area contributed by atoms with Crippen LogP contribution in [0.15, 0.2) is 48.5 Å². The number of ether oxygens (including phenoxy) is 1. The molecule has 8 heteroatoms. The number of carbonyl (C=O) groups is 2. The fourth-order valence-corrected chi connectivity index (χ4v) is 4.54. The number of nitrogens with one attached hydrogen (secondary N) is 1. The summed E-state index contributed by atoms with van der Waals surface area (Å²) in [7, 11) is 0. The van der Waals surface area contributed by atoms with Crippen molar-refractivity contribution in [3.63, 3.8) is 0 Å². The lowest BCUT2D eigenvalue weighted by Gasteiger charge is -2.34. The average molecular weight is 485 g/mol. The molecule has 0 bridgehead atoms. The molecule has 1 N–H and O–H groups in total. The number of hydrogen-bond donors (Lipinski definition) is 1. The van der Waals surface area contributed by atoms with Crippen LogP contribution in [0.25, 0.3) is 0 Å².